The number of sulfonamides is 1. The molecule has 0 bridgehead atoms. The van der Waals surface area contributed by atoms with Gasteiger partial charge in [-0.15, -0.1) is 0 Å². The first kappa shape index (κ1) is 31.6. The summed E-state index contributed by atoms with van der Waals surface area (Å²) in [6.07, 6.45) is 5.12. The molecule has 8 nitrogen and oxygen atoms in total. The van der Waals surface area contributed by atoms with E-state index >= 15 is 0 Å². The molecule has 1 aliphatic rings. The Kier molecular flexibility index (Phi) is 11.0. The number of carbonyl (C=O) groups is 2. The lowest BCUT2D eigenvalue weighted by Gasteiger charge is -2.33. The molecule has 0 radical (unpaired) electrons. The highest BCUT2D eigenvalue weighted by Crippen LogP contribution is 2.26. The summed E-state index contributed by atoms with van der Waals surface area (Å²) in [5.41, 5.74) is 1.16. The number of nitrogens with one attached hydrogen (secondary N) is 1. The van der Waals surface area contributed by atoms with E-state index in [1.165, 1.54) is 17.0 Å². The summed E-state index contributed by atoms with van der Waals surface area (Å²) in [6, 6.07) is 21.4. The van der Waals surface area contributed by atoms with Gasteiger partial charge in [0.05, 0.1) is 17.2 Å². The van der Waals surface area contributed by atoms with Crippen molar-refractivity contribution < 1.29 is 22.7 Å². The summed E-state index contributed by atoms with van der Waals surface area (Å²) in [6.45, 7) is 3.67. The molecule has 0 unspecified atom stereocenters. The maximum atomic E-state index is 14.1. The third-order valence-corrected chi connectivity index (χ3v) is 9.69. The van der Waals surface area contributed by atoms with E-state index in [4.69, 9.17) is 4.74 Å². The Morgan fingerprint density at radius 1 is 0.976 bits per heavy atom. The van der Waals surface area contributed by atoms with Crippen LogP contribution in [-0.2, 0) is 26.2 Å². The molecule has 4 rings (SSSR count). The summed E-state index contributed by atoms with van der Waals surface area (Å²) < 4.78 is 35.3. The normalized spacial score (nSPS) is 14.5. The van der Waals surface area contributed by atoms with Gasteiger partial charge in [0.2, 0.25) is 11.8 Å². The predicted octanol–water partition coefficient (Wildman–Crippen LogP) is 5.91. The molecule has 0 spiro atoms. The Hall–Kier alpha value is -3.37. The fourth-order valence-corrected chi connectivity index (χ4v) is 6.97. The molecule has 0 saturated heterocycles. The molecule has 3 aromatic carbocycles. The molecule has 0 aliphatic heterocycles. The Bertz CT molecular complexity index is 1440. The van der Waals surface area contributed by atoms with Gasteiger partial charge in [-0.1, -0.05) is 65.5 Å². The van der Waals surface area contributed by atoms with Gasteiger partial charge < -0.3 is 15.0 Å². The van der Waals surface area contributed by atoms with Crippen LogP contribution in [0, 0.1) is 0 Å². The van der Waals surface area contributed by atoms with E-state index in [2.05, 4.69) is 21.2 Å². The van der Waals surface area contributed by atoms with Gasteiger partial charge in [0.25, 0.3) is 10.0 Å². The van der Waals surface area contributed by atoms with Crippen molar-refractivity contribution in [1.29, 1.82) is 0 Å². The summed E-state index contributed by atoms with van der Waals surface area (Å²) in [5, 5.41) is 3.12. The molecule has 1 fully saturated rings. The van der Waals surface area contributed by atoms with Crippen LogP contribution in [0.2, 0.25) is 0 Å². The standard InChI is InChI=1S/C32H38BrN3O5S/c1-3-41-29-17-19-30(20-18-29)42(39,40)36(28-15-8-5-9-16-28)23-31(37)35(22-25-11-10-12-26(33)21-25)24(2)32(38)34-27-13-6-4-7-14-27/h5,8-12,15-21,24,27H,3-4,6-7,13-14,22-23H2,1-2H3,(H,34,38)/t24-/m0/s1. The van der Waals surface area contributed by atoms with Crippen LogP contribution in [0.15, 0.2) is 88.2 Å². The molecule has 224 valence electrons. The Balaban J connectivity index is 1.65. The van der Waals surface area contributed by atoms with Crippen LogP contribution < -0.4 is 14.4 Å². The van der Waals surface area contributed by atoms with Crippen LogP contribution in [0.1, 0.15) is 51.5 Å². The van der Waals surface area contributed by atoms with Crippen molar-refractivity contribution in [3.05, 3.63) is 88.9 Å². The van der Waals surface area contributed by atoms with Crippen molar-refractivity contribution >= 4 is 43.5 Å². The number of anilines is 1. The number of benzene rings is 3. The molecule has 1 saturated carbocycles. The third-order valence-electron chi connectivity index (χ3n) is 7.41. The molecule has 0 aromatic heterocycles. The van der Waals surface area contributed by atoms with Crippen LogP contribution in [0.25, 0.3) is 0 Å². The number of amides is 2. The fraction of sp³-hybridized carbons (Fsp3) is 0.375. The third kappa shape index (κ3) is 8.13. The number of para-hydroxylation sites is 1. The second kappa shape index (κ2) is 14.7. The highest BCUT2D eigenvalue weighted by Gasteiger charge is 2.33. The van der Waals surface area contributed by atoms with E-state index in [0.717, 1.165) is 46.4 Å². The first-order valence-electron chi connectivity index (χ1n) is 14.3. The quantitative estimate of drug-likeness (QED) is 0.262. The van der Waals surface area contributed by atoms with Crippen molar-refractivity contribution in [2.24, 2.45) is 0 Å². The Morgan fingerprint density at radius 2 is 1.67 bits per heavy atom. The molecular weight excluding hydrogens is 618 g/mol. The molecule has 1 N–H and O–H groups in total. The first-order valence-corrected chi connectivity index (χ1v) is 16.6. The van der Waals surface area contributed by atoms with Gasteiger partial charge in [0.15, 0.2) is 0 Å². The summed E-state index contributed by atoms with van der Waals surface area (Å²) in [5.74, 6) is -0.178. The fourth-order valence-electron chi connectivity index (χ4n) is 5.11. The van der Waals surface area contributed by atoms with Crippen molar-refractivity contribution in [1.82, 2.24) is 10.2 Å². The average molecular weight is 657 g/mol. The van der Waals surface area contributed by atoms with E-state index in [0.29, 0.717) is 18.0 Å². The number of nitrogens with zero attached hydrogens (tertiary/aromatic N) is 2. The van der Waals surface area contributed by atoms with Gasteiger partial charge in [-0.25, -0.2) is 8.42 Å². The van der Waals surface area contributed by atoms with Gasteiger partial charge in [0.1, 0.15) is 18.3 Å². The smallest absolute Gasteiger partial charge is 0.264 e. The maximum Gasteiger partial charge on any atom is 0.264 e. The zero-order valence-electron chi connectivity index (χ0n) is 24.0. The van der Waals surface area contributed by atoms with E-state index in [-0.39, 0.29) is 23.4 Å². The summed E-state index contributed by atoms with van der Waals surface area (Å²) in [7, 11) is -4.14. The van der Waals surface area contributed by atoms with E-state index in [9.17, 15) is 18.0 Å². The number of ether oxygens (including phenoxy) is 1. The average Bonchev–Trinajstić information content (AvgIpc) is 2.99. The van der Waals surface area contributed by atoms with Crippen molar-refractivity contribution in [3.63, 3.8) is 0 Å². The highest BCUT2D eigenvalue weighted by atomic mass is 79.9. The SMILES string of the molecule is CCOc1ccc(S(=O)(=O)N(CC(=O)N(Cc2cccc(Br)c2)[C@@H](C)C(=O)NC2CCCCC2)c2ccccc2)cc1. The van der Waals surface area contributed by atoms with Crippen LogP contribution in [0.5, 0.6) is 5.75 Å². The topological polar surface area (TPSA) is 96.0 Å². The predicted molar refractivity (Wildman–Crippen MR) is 168 cm³/mol. The van der Waals surface area contributed by atoms with Crippen molar-refractivity contribution in [2.75, 3.05) is 17.5 Å². The first-order chi connectivity index (χ1) is 20.2. The second-order valence-corrected chi connectivity index (χ2v) is 13.2. The van der Waals surface area contributed by atoms with E-state index in [1.54, 1.807) is 49.4 Å². The number of hydrogen-bond donors (Lipinski definition) is 1. The molecule has 3 aromatic rings. The minimum Gasteiger partial charge on any atom is -0.494 e. The molecule has 42 heavy (non-hydrogen) atoms. The zero-order valence-corrected chi connectivity index (χ0v) is 26.4. The van der Waals surface area contributed by atoms with Crippen LogP contribution >= 0.6 is 15.9 Å². The molecular formula is C32H38BrN3O5S. The lowest BCUT2D eigenvalue weighted by atomic mass is 9.95. The number of halogens is 1. The lowest BCUT2D eigenvalue weighted by Crippen LogP contribution is -2.53. The van der Waals surface area contributed by atoms with Gasteiger partial charge in [-0.05, 0) is 80.8 Å². The second-order valence-electron chi connectivity index (χ2n) is 10.4. The molecule has 1 aliphatic carbocycles. The molecule has 0 heterocycles. The molecule has 1 atom stereocenters. The Morgan fingerprint density at radius 3 is 2.31 bits per heavy atom. The van der Waals surface area contributed by atoms with Crippen LogP contribution in [0.4, 0.5) is 5.69 Å². The van der Waals surface area contributed by atoms with E-state index < -0.39 is 28.5 Å². The van der Waals surface area contributed by atoms with Crippen LogP contribution in [-0.4, -0.2) is 50.4 Å². The highest BCUT2D eigenvalue weighted by molar-refractivity contribution is 9.10. The van der Waals surface area contributed by atoms with Crippen LogP contribution in [0.3, 0.4) is 0 Å². The molecule has 2 amide bonds. The number of carbonyl (C=O) groups excluding carboxylic acids is 2. The minimum absolute atomic E-state index is 0.0317. The maximum absolute atomic E-state index is 14.1. The number of rotatable bonds is 12. The van der Waals surface area contributed by atoms with Gasteiger partial charge >= 0.3 is 0 Å². The van der Waals surface area contributed by atoms with Gasteiger partial charge in [-0.2, -0.15) is 0 Å². The summed E-state index contributed by atoms with van der Waals surface area (Å²) >= 11 is 3.48. The zero-order chi connectivity index (χ0) is 30.1. The van der Waals surface area contributed by atoms with Crippen molar-refractivity contribution in [2.45, 2.75) is 69.5 Å². The van der Waals surface area contributed by atoms with Gasteiger partial charge in [-0.3, -0.25) is 13.9 Å². The summed E-state index contributed by atoms with van der Waals surface area (Å²) in [4.78, 5) is 29.0. The monoisotopic (exact) mass is 655 g/mol. The number of hydrogen-bond acceptors (Lipinski definition) is 5. The minimum atomic E-state index is -4.14. The van der Waals surface area contributed by atoms with E-state index in [1.807, 2.05) is 31.2 Å². The lowest BCUT2D eigenvalue weighted by molar-refractivity contribution is -0.139. The Labute approximate surface area is 257 Å². The van der Waals surface area contributed by atoms with Gasteiger partial charge in [0, 0.05) is 17.1 Å². The molecule has 10 heteroatoms. The largest absolute Gasteiger partial charge is 0.494 e. The van der Waals surface area contributed by atoms with Crippen molar-refractivity contribution in [3.8, 4) is 5.75 Å².